The number of benzene rings is 8. The van der Waals surface area contributed by atoms with Gasteiger partial charge in [0.05, 0.1) is 33.7 Å². The van der Waals surface area contributed by atoms with E-state index in [0.717, 1.165) is 128 Å². The second-order valence-electron chi connectivity index (χ2n) is 24.1. The Labute approximate surface area is 448 Å². The SMILES string of the molecule is Cc1cc2c3c(c1)N(c1ccc(-c4ccccc4)cc1-c1ccccc1)c1c(c4cc5c(cc4n1-c1cc(C(F)(F)F)cc(C(F)(F)F)c1)C1(C)CCC5(C)C1)B3c1oc3cc4c(cc3c1N2c1ccccc1)CC(C)(C)C4. The zero-order valence-electron chi connectivity index (χ0n) is 43.7. The molecule has 8 aromatic carbocycles. The van der Waals surface area contributed by atoms with Crippen LogP contribution in [0.4, 0.5) is 60.6 Å². The average Bonchev–Trinajstić information content (AvgIpc) is 3.77. The molecule has 15 rings (SSSR count). The van der Waals surface area contributed by atoms with Gasteiger partial charge in [-0.2, -0.15) is 26.3 Å². The maximum Gasteiger partial charge on any atom is 0.416 e. The molecule has 11 heteroatoms. The minimum atomic E-state index is -5.10. The summed E-state index contributed by atoms with van der Waals surface area (Å²) in [6.45, 7) is 10.5. The molecule has 4 heterocycles. The van der Waals surface area contributed by atoms with Crippen molar-refractivity contribution in [1.82, 2.24) is 4.57 Å². The fraction of sp³-hybridized carbons (Fsp3) is 0.224. The number of rotatable bonds is 5. The zero-order valence-corrected chi connectivity index (χ0v) is 43.7. The molecule has 3 aliphatic carbocycles. The van der Waals surface area contributed by atoms with E-state index in [1.54, 1.807) is 4.57 Å². The number of nitrogens with zero attached hydrogens (tertiary/aromatic N) is 3. The number of aromatic nitrogens is 1. The van der Waals surface area contributed by atoms with Crippen LogP contribution in [0.25, 0.3) is 49.8 Å². The van der Waals surface area contributed by atoms with Gasteiger partial charge in [0, 0.05) is 33.7 Å². The lowest BCUT2D eigenvalue weighted by molar-refractivity contribution is -0.143. The zero-order chi connectivity index (χ0) is 53.6. The van der Waals surface area contributed by atoms with E-state index in [1.165, 1.54) is 16.7 Å². The van der Waals surface area contributed by atoms with E-state index >= 15 is 26.3 Å². The minimum Gasteiger partial charge on any atom is -0.468 e. The highest BCUT2D eigenvalue weighted by atomic mass is 19.4. The number of aryl methyl sites for hydroxylation is 1. The first kappa shape index (κ1) is 47.3. The van der Waals surface area contributed by atoms with E-state index in [4.69, 9.17) is 4.42 Å². The van der Waals surface area contributed by atoms with Crippen molar-refractivity contribution in [3.63, 3.8) is 0 Å². The van der Waals surface area contributed by atoms with Gasteiger partial charge in [0.25, 0.3) is 6.71 Å². The molecule has 5 aliphatic rings. The Morgan fingerprint density at radius 1 is 0.526 bits per heavy atom. The third-order valence-corrected chi connectivity index (χ3v) is 18.1. The largest absolute Gasteiger partial charge is 0.468 e. The maximum atomic E-state index is 15.3. The van der Waals surface area contributed by atoms with Crippen LogP contribution >= 0.6 is 0 Å². The normalized spacial score (nSPS) is 19.6. The van der Waals surface area contributed by atoms with Crippen molar-refractivity contribution in [3.05, 3.63) is 203 Å². The summed E-state index contributed by atoms with van der Waals surface area (Å²) >= 11 is 0. The molecule has 1 saturated carbocycles. The van der Waals surface area contributed by atoms with Crippen molar-refractivity contribution in [1.29, 1.82) is 0 Å². The van der Waals surface area contributed by atoms with Crippen molar-refractivity contribution in [2.45, 2.75) is 89.9 Å². The van der Waals surface area contributed by atoms with Crippen LogP contribution in [0.1, 0.15) is 85.9 Å². The van der Waals surface area contributed by atoms with E-state index in [9.17, 15) is 0 Å². The van der Waals surface area contributed by atoms with E-state index in [0.29, 0.717) is 22.7 Å². The average molecular weight is 1040 g/mol. The van der Waals surface area contributed by atoms with Crippen molar-refractivity contribution in [2.75, 3.05) is 9.80 Å². The standard InChI is InChI=1S/C67H52BF6N3O/c1-38-25-55-59-56(26-38)77(53-22-21-41(39-15-9-6-10-16-39)27-48(53)40-17-11-7-12-18-40)62-58(68(59)61-60(75(55)46-19-13-8-14-20-46)50-28-42-35-63(2,3)36-43(42)29-57(50)78-61)49-33-51-52(65(5)24-23-64(51,4)37-65)34-54(49)76(62)47-31-44(66(69,70)71)30-45(32-47)67(72,73)74/h6-22,25-34H,23-24,35-37H2,1-5H3. The summed E-state index contributed by atoms with van der Waals surface area (Å²) in [5, 5.41) is 1.70. The van der Waals surface area contributed by atoms with Gasteiger partial charge < -0.3 is 9.32 Å². The van der Waals surface area contributed by atoms with Gasteiger partial charge in [-0.3, -0.25) is 9.47 Å². The molecule has 0 amide bonds. The first-order chi connectivity index (χ1) is 37.3. The summed E-state index contributed by atoms with van der Waals surface area (Å²) in [7, 11) is 0. The van der Waals surface area contributed by atoms with Crippen LogP contribution in [0.15, 0.2) is 168 Å². The maximum absolute atomic E-state index is 15.3. The van der Waals surface area contributed by atoms with Gasteiger partial charge in [0.15, 0.2) is 0 Å². The predicted octanol–water partition coefficient (Wildman–Crippen LogP) is 17.0. The number of para-hydroxylation sites is 1. The molecule has 0 radical (unpaired) electrons. The molecule has 2 aliphatic heterocycles. The number of hydrogen-bond acceptors (Lipinski definition) is 3. The Morgan fingerprint density at radius 2 is 1.12 bits per heavy atom. The molecule has 4 nitrogen and oxygen atoms in total. The van der Waals surface area contributed by atoms with Gasteiger partial charge in [-0.15, -0.1) is 0 Å². The minimum absolute atomic E-state index is 0.0587. The number of anilines is 6. The summed E-state index contributed by atoms with van der Waals surface area (Å²) in [6, 6.07) is 51.9. The van der Waals surface area contributed by atoms with Gasteiger partial charge in [-0.1, -0.05) is 113 Å². The molecule has 1 fully saturated rings. The van der Waals surface area contributed by atoms with E-state index < -0.39 is 30.2 Å². The lowest BCUT2D eigenvalue weighted by Crippen LogP contribution is -2.61. The van der Waals surface area contributed by atoms with Gasteiger partial charge in [-0.05, 0) is 195 Å². The van der Waals surface area contributed by atoms with Crippen LogP contribution < -0.4 is 26.4 Å². The Bertz CT molecular complexity index is 4160. The third kappa shape index (κ3) is 6.81. The van der Waals surface area contributed by atoms with Gasteiger partial charge in [0.2, 0.25) is 0 Å². The van der Waals surface area contributed by atoms with E-state index in [2.05, 4.69) is 123 Å². The van der Waals surface area contributed by atoms with Gasteiger partial charge in [0.1, 0.15) is 11.4 Å². The molecule has 0 N–H and O–H groups in total. The van der Waals surface area contributed by atoms with Crippen LogP contribution in [0.3, 0.4) is 0 Å². The van der Waals surface area contributed by atoms with Gasteiger partial charge in [-0.25, -0.2) is 0 Å². The first-order valence-electron chi connectivity index (χ1n) is 26.9. The molecule has 78 heavy (non-hydrogen) atoms. The summed E-state index contributed by atoms with van der Waals surface area (Å²) in [5.41, 5.74) is 13.7. The highest BCUT2D eigenvalue weighted by molar-refractivity contribution is 7.01. The number of fused-ring (bicyclic) bond motifs is 14. The van der Waals surface area contributed by atoms with Crippen LogP contribution in [0, 0.1) is 12.3 Å². The molecule has 0 spiro atoms. The van der Waals surface area contributed by atoms with Crippen molar-refractivity contribution < 1.29 is 30.8 Å². The Kier molecular flexibility index (Phi) is 9.62. The number of alkyl halides is 6. The third-order valence-electron chi connectivity index (χ3n) is 18.1. The Balaban J connectivity index is 1.14. The lowest BCUT2D eigenvalue weighted by atomic mass is 9.35. The van der Waals surface area contributed by atoms with Crippen LogP contribution in [-0.4, -0.2) is 11.3 Å². The smallest absolute Gasteiger partial charge is 0.416 e. The van der Waals surface area contributed by atoms with Crippen molar-refractivity contribution in [3.8, 4) is 27.9 Å². The second-order valence-corrected chi connectivity index (χ2v) is 24.1. The van der Waals surface area contributed by atoms with Crippen molar-refractivity contribution >= 4 is 79.4 Å². The molecule has 2 aromatic heterocycles. The fourth-order valence-corrected chi connectivity index (χ4v) is 14.9. The topological polar surface area (TPSA) is 24.6 Å². The highest BCUT2D eigenvalue weighted by Gasteiger charge is 2.55. The van der Waals surface area contributed by atoms with Crippen LogP contribution in [0.2, 0.25) is 0 Å². The Morgan fingerprint density at radius 3 is 1.76 bits per heavy atom. The molecule has 10 aromatic rings. The molecule has 386 valence electrons. The molecule has 2 atom stereocenters. The van der Waals surface area contributed by atoms with E-state index in [-0.39, 0.29) is 28.0 Å². The molecule has 2 unspecified atom stereocenters. The number of hydrogen-bond donors (Lipinski definition) is 0. The monoisotopic (exact) mass is 1040 g/mol. The van der Waals surface area contributed by atoms with Crippen molar-refractivity contribution in [2.24, 2.45) is 5.41 Å². The number of halogens is 6. The van der Waals surface area contributed by atoms with Crippen LogP contribution in [0.5, 0.6) is 0 Å². The summed E-state index contributed by atoms with van der Waals surface area (Å²) < 4.78 is 101. The Hall–Kier alpha value is -7.92. The lowest BCUT2D eigenvalue weighted by Gasteiger charge is -2.42. The second kappa shape index (κ2) is 15.9. The predicted molar refractivity (Wildman–Crippen MR) is 302 cm³/mol. The summed E-state index contributed by atoms with van der Waals surface area (Å²) in [5.74, 6) is 0.450. The molecule has 2 bridgehead atoms. The van der Waals surface area contributed by atoms with E-state index in [1.807, 2.05) is 66.7 Å². The summed E-state index contributed by atoms with van der Waals surface area (Å²) in [6.07, 6.45) is -5.65. The van der Waals surface area contributed by atoms with Gasteiger partial charge >= 0.3 is 12.4 Å². The fourth-order valence-electron chi connectivity index (χ4n) is 14.9. The first-order valence-corrected chi connectivity index (χ1v) is 26.9. The highest BCUT2D eigenvalue weighted by Crippen LogP contribution is 2.62. The summed E-state index contributed by atoms with van der Waals surface area (Å²) in [4.78, 5) is 4.45. The van der Waals surface area contributed by atoms with Crippen LogP contribution in [-0.2, 0) is 36.0 Å². The molecular formula is C67H52BF6N3O. The number of furan rings is 1. The molecule has 0 saturated heterocycles. The molecular weight excluding hydrogens is 988 g/mol. The quantitative estimate of drug-likeness (QED) is 0.127.